The van der Waals surface area contributed by atoms with Crippen LogP contribution in [-0.4, -0.2) is 48.9 Å². The molecule has 2 aliphatic rings. The van der Waals surface area contributed by atoms with Gasteiger partial charge >= 0.3 is 12.4 Å². The van der Waals surface area contributed by atoms with Crippen molar-refractivity contribution in [2.45, 2.75) is 75.8 Å². The van der Waals surface area contributed by atoms with Crippen molar-refractivity contribution in [1.29, 1.82) is 0 Å². The number of nitrogens with zero attached hydrogens (tertiary/aromatic N) is 1. The van der Waals surface area contributed by atoms with Gasteiger partial charge < -0.3 is 15.5 Å². The van der Waals surface area contributed by atoms with Gasteiger partial charge in [-0.3, -0.25) is 9.59 Å². The van der Waals surface area contributed by atoms with Crippen LogP contribution in [0.4, 0.5) is 26.3 Å². The molecule has 5 nitrogen and oxygen atoms in total. The number of alkyl halides is 6. The Labute approximate surface area is 200 Å². The zero-order valence-corrected chi connectivity index (χ0v) is 19.6. The van der Waals surface area contributed by atoms with E-state index in [2.05, 4.69) is 10.6 Å². The van der Waals surface area contributed by atoms with E-state index in [1.807, 2.05) is 11.9 Å². The zero-order valence-electron chi connectivity index (χ0n) is 19.6. The van der Waals surface area contributed by atoms with Crippen molar-refractivity contribution in [2.24, 2.45) is 5.92 Å². The van der Waals surface area contributed by atoms with E-state index < -0.39 is 35.0 Å². The van der Waals surface area contributed by atoms with Gasteiger partial charge in [-0.25, -0.2) is 0 Å². The Morgan fingerprint density at radius 3 is 1.94 bits per heavy atom. The van der Waals surface area contributed by atoms with Gasteiger partial charge in [0, 0.05) is 31.2 Å². The topological polar surface area (TPSA) is 61.4 Å². The van der Waals surface area contributed by atoms with E-state index in [9.17, 15) is 35.9 Å². The lowest BCUT2D eigenvalue weighted by atomic mass is 9.86. The molecule has 0 atom stereocenters. The van der Waals surface area contributed by atoms with Crippen molar-refractivity contribution in [2.75, 3.05) is 20.1 Å². The highest BCUT2D eigenvalue weighted by Gasteiger charge is 2.37. The number of carbonyl (C=O) groups excluding carboxylic acids is 2. The third-order valence-corrected chi connectivity index (χ3v) is 7.06. The Morgan fingerprint density at radius 2 is 1.43 bits per heavy atom. The number of hydrogen-bond acceptors (Lipinski definition) is 3. The van der Waals surface area contributed by atoms with Crippen LogP contribution in [0.5, 0.6) is 0 Å². The molecule has 2 fully saturated rings. The summed E-state index contributed by atoms with van der Waals surface area (Å²) in [5, 5.41) is 5.77. The zero-order chi connectivity index (χ0) is 25.8. The molecule has 2 aliphatic carbocycles. The highest BCUT2D eigenvalue weighted by molar-refractivity contribution is 5.94. The minimum Gasteiger partial charge on any atom is -0.352 e. The summed E-state index contributed by atoms with van der Waals surface area (Å²) in [6.45, 7) is 0.419. The van der Waals surface area contributed by atoms with Crippen LogP contribution in [0, 0.1) is 5.92 Å². The first-order valence-electron chi connectivity index (χ1n) is 11.9. The third kappa shape index (κ3) is 7.59. The molecule has 35 heavy (non-hydrogen) atoms. The Hall–Kier alpha value is -2.30. The van der Waals surface area contributed by atoms with Crippen LogP contribution in [-0.2, 0) is 17.1 Å². The molecule has 2 amide bonds. The average Bonchev–Trinajstić information content (AvgIpc) is 3.34. The Morgan fingerprint density at radius 1 is 0.886 bits per heavy atom. The maximum Gasteiger partial charge on any atom is 0.416 e. The molecule has 0 saturated heterocycles. The highest BCUT2D eigenvalue weighted by atomic mass is 19.4. The number of amides is 2. The van der Waals surface area contributed by atoms with Crippen molar-refractivity contribution in [3.05, 3.63) is 34.9 Å². The van der Waals surface area contributed by atoms with Crippen molar-refractivity contribution in [3.8, 4) is 0 Å². The Kier molecular flexibility index (Phi) is 8.72. The lowest BCUT2D eigenvalue weighted by Gasteiger charge is -2.30. The number of likely N-dealkylation sites (N-methyl/N-ethyl adjacent to an activating group) is 1. The van der Waals surface area contributed by atoms with Gasteiger partial charge in [0.25, 0.3) is 5.91 Å². The van der Waals surface area contributed by atoms with Crippen molar-refractivity contribution >= 4 is 11.8 Å². The highest BCUT2D eigenvalue weighted by Crippen LogP contribution is 2.36. The van der Waals surface area contributed by atoms with E-state index in [-0.39, 0.29) is 37.0 Å². The van der Waals surface area contributed by atoms with E-state index in [0.717, 1.165) is 51.4 Å². The fourth-order valence-corrected chi connectivity index (χ4v) is 4.85. The fraction of sp³-hybridized carbons (Fsp3) is 0.667. The van der Waals surface area contributed by atoms with E-state index >= 15 is 0 Å². The second-order valence-corrected chi connectivity index (χ2v) is 9.55. The van der Waals surface area contributed by atoms with E-state index in [4.69, 9.17) is 0 Å². The molecule has 0 unspecified atom stereocenters. The minimum absolute atomic E-state index is 0.00131. The van der Waals surface area contributed by atoms with Crippen LogP contribution in [0.1, 0.15) is 72.9 Å². The number of benzene rings is 1. The summed E-state index contributed by atoms with van der Waals surface area (Å²) >= 11 is 0. The molecular weight excluding hydrogens is 476 g/mol. The van der Waals surface area contributed by atoms with Gasteiger partial charge in [0.05, 0.1) is 17.7 Å². The predicted molar refractivity (Wildman–Crippen MR) is 118 cm³/mol. The largest absolute Gasteiger partial charge is 0.416 e. The van der Waals surface area contributed by atoms with Crippen LogP contribution in [0.3, 0.4) is 0 Å². The minimum atomic E-state index is -5.00. The molecule has 0 bridgehead atoms. The summed E-state index contributed by atoms with van der Waals surface area (Å²) in [6.07, 6.45) is -2.66. The third-order valence-electron chi connectivity index (χ3n) is 7.06. The second-order valence-electron chi connectivity index (χ2n) is 9.55. The molecule has 0 heterocycles. The summed E-state index contributed by atoms with van der Waals surface area (Å²) < 4.78 is 78.1. The van der Waals surface area contributed by atoms with Crippen molar-refractivity contribution < 1.29 is 35.9 Å². The number of carbonyl (C=O) groups is 2. The van der Waals surface area contributed by atoms with E-state index in [1.165, 1.54) is 0 Å². The molecule has 0 aliphatic heterocycles. The van der Waals surface area contributed by atoms with Gasteiger partial charge in [0.1, 0.15) is 0 Å². The van der Waals surface area contributed by atoms with Crippen LogP contribution in [0.25, 0.3) is 0 Å². The Bertz CT molecular complexity index is 856. The summed E-state index contributed by atoms with van der Waals surface area (Å²) in [6, 6.07) is 1.34. The first-order valence-corrected chi connectivity index (χ1v) is 11.9. The van der Waals surface area contributed by atoms with Gasteiger partial charge in [0.15, 0.2) is 0 Å². The SMILES string of the molecule is CN(C(=O)CNC1CCC(CNC(=O)c2cc(C(F)(F)F)cc(C(F)(F)F)c2)CC1)C1CCCC1. The molecule has 3 rings (SSSR count). The van der Waals surface area contributed by atoms with Gasteiger partial charge in [-0.15, -0.1) is 0 Å². The first-order chi connectivity index (χ1) is 16.3. The molecule has 0 radical (unpaired) electrons. The number of halogens is 6. The first kappa shape index (κ1) is 27.3. The van der Waals surface area contributed by atoms with Crippen LogP contribution < -0.4 is 10.6 Å². The molecule has 0 spiro atoms. The van der Waals surface area contributed by atoms with Crippen LogP contribution >= 0.6 is 0 Å². The quantitative estimate of drug-likeness (QED) is 0.511. The number of nitrogens with one attached hydrogen (secondary N) is 2. The van der Waals surface area contributed by atoms with Gasteiger partial charge in [-0.05, 0) is 62.6 Å². The van der Waals surface area contributed by atoms with Gasteiger partial charge in [-0.1, -0.05) is 12.8 Å². The summed E-state index contributed by atoms with van der Waals surface area (Å²) in [4.78, 5) is 26.6. The molecule has 0 aromatic heterocycles. The van der Waals surface area contributed by atoms with E-state index in [0.29, 0.717) is 18.2 Å². The lowest BCUT2D eigenvalue weighted by molar-refractivity contribution is -0.143. The number of rotatable bonds is 7. The smallest absolute Gasteiger partial charge is 0.352 e. The van der Waals surface area contributed by atoms with Crippen LogP contribution in [0.2, 0.25) is 0 Å². The molecule has 2 saturated carbocycles. The van der Waals surface area contributed by atoms with Crippen molar-refractivity contribution in [1.82, 2.24) is 15.5 Å². The molecule has 11 heteroatoms. The average molecular weight is 508 g/mol. The van der Waals surface area contributed by atoms with Crippen LogP contribution in [0.15, 0.2) is 18.2 Å². The maximum absolute atomic E-state index is 13.0. The second kappa shape index (κ2) is 11.2. The predicted octanol–water partition coefficient (Wildman–Crippen LogP) is 5.00. The number of hydrogen-bond donors (Lipinski definition) is 2. The normalized spacial score (nSPS) is 21.7. The van der Waals surface area contributed by atoms with E-state index in [1.54, 1.807) is 0 Å². The van der Waals surface area contributed by atoms with Gasteiger partial charge in [-0.2, -0.15) is 26.3 Å². The maximum atomic E-state index is 13.0. The molecule has 1 aromatic carbocycles. The summed E-state index contributed by atoms with van der Waals surface area (Å²) in [5.41, 5.74) is -3.71. The fourth-order valence-electron chi connectivity index (χ4n) is 4.85. The molecule has 196 valence electrons. The lowest BCUT2D eigenvalue weighted by Crippen LogP contribution is -2.44. The summed E-state index contributed by atoms with van der Waals surface area (Å²) in [7, 11) is 1.83. The molecule has 2 N–H and O–H groups in total. The molecule has 1 aromatic rings. The van der Waals surface area contributed by atoms with Gasteiger partial charge in [0.2, 0.25) is 5.91 Å². The summed E-state index contributed by atoms with van der Waals surface area (Å²) in [5.74, 6) is -0.852. The monoisotopic (exact) mass is 507 g/mol. The van der Waals surface area contributed by atoms with Crippen molar-refractivity contribution in [3.63, 3.8) is 0 Å². The standard InChI is InChI=1S/C24H31F6N3O2/c1-33(20-4-2-3-5-20)21(34)14-31-19-8-6-15(7-9-19)13-32-22(35)16-10-17(23(25,26)27)12-18(11-16)24(28,29)30/h10-12,15,19-20,31H,2-9,13-14H2,1H3,(H,32,35). The molecular formula is C24H31F6N3O2. The Balaban J connectivity index is 1.46.